The van der Waals surface area contributed by atoms with Crippen LogP contribution in [0, 0.1) is 11.8 Å². The van der Waals surface area contributed by atoms with Crippen molar-refractivity contribution in [2.24, 2.45) is 11.8 Å². The summed E-state index contributed by atoms with van der Waals surface area (Å²) in [7, 11) is 0. The van der Waals surface area contributed by atoms with Gasteiger partial charge >= 0.3 is 5.97 Å². The molecule has 1 fully saturated rings. The molecule has 0 heterocycles. The maximum Gasteiger partial charge on any atom is 0.305 e. The smallest absolute Gasteiger partial charge is 0.305 e. The highest BCUT2D eigenvalue weighted by Crippen LogP contribution is 2.31. The molecule has 1 rings (SSSR count). The van der Waals surface area contributed by atoms with Crippen LogP contribution in [0.3, 0.4) is 0 Å². The Kier molecular flexibility index (Phi) is 4.77. The molecular weight excluding hydrogens is 206 g/mol. The van der Waals surface area contributed by atoms with E-state index in [1.807, 2.05) is 0 Å². The van der Waals surface area contributed by atoms with Crippen molar-refractivity contribution in [1.29, 1.82) is 0 Å². The molecule has 0 saturated heterocycles. The number of hydrogen-bond donors (Lipinski definition) is 2. The number of rotatable bonds is 4. The quantitative estimate of drug-likeness (QED) is 0.769. The lowest BCUT2D eigenvalue weighted by Crippen LogP contribution is -2.42. The first-order valence-electron chi connectivity index (χ1n) is 5.98. The van der Waals surface area contributed by atoms with Gasteiger partial charge in [0, 0.05) is 13.0 Å². The van der Waals surface area contributed by atoms with Crippen LogP contribution in [0.4, 0.5) is 0 Å². The van der Waals surface area contributed by atoms with Gasteiger partial charge in [-0.05, 0) is 24.7 Å². The van der Waals surface area contributed by atoms with Crippen LogP contribution in [0.5, 0.6) is 0 Å². The molecule has 0 aromatic carbocycles. The number of hydrogen-bond acceptors (Lipinski definition) is 2. The van der Waals surface area contributed by atoms with Crippen molar-refractivity contribution in [3.63, 3.8) is 0 Å². The topological polar surface area (TPSA) is 66.4 Å². The molecule has 1 amide bonds. The third kappa shape index (κ3) is 4.21. The van der Waals surface area contributed by atoms with Crippen LogP contribution in [-0.4, -0.2) is 23.0 Å². The fraction of sp³-hybridized carbons (Fsp3) is 0.833. The first-order valence-corrected chi connectivity index (χ1v) is 5.98. The van der Waals surface area contributed by atoms with Crippen molar-refractivity contribution in [3.8, 4) is 0 Å². The van der Waals surface area contributed by atoms with Crippen molar-refractivity contribution in [1.82, 2.24) is 5.32 Å². The van der Waals surface area contributed by atoms with Gasteiger partial charge < -0.3 is 10.4 Å². The average Bonchev–Trinajstić information content (AvgIpc) is 2.16. The number of carbonyl (C=O) groups is 2. The summed E-state index contributed by atoms with van der Waals surface area (Å²) in [6.07, 6.45) is 4.37. The predicted molar refractivity (Wildman–Crippen MR) is 61.0 cm³/mol. The molecule has 0 aliphatic heterocycles. The van der Waals surface area contributed by atoms with Crippen LogP contribution in [0.1, 0.15) is 46.0 Å². The molecule has 0 aromatic heterocycles. The summed E-state index contributed by atoms with van der Waals surface area (Å²) >= 11 is 0. The van der Waals surface area contributed by atoms with Crippen LogP contribution in [0.15, 0.2) is 0 Å². The zero-order valence-corrected chi connectivity index (χ0v) is 10.0. The summed E-state index contributed by atoms with van der Waals surface area (Å²) in [5, 5.41) is 11.6. The highest BCUT2D eigenvalue weighted by molar-refractivity contribution is 5.75. The number of carbonyl (C=O) groups excluding carboxylic acids is 1. The van der Waals surface area contributed by atoms with Crippen LogP contribution in [0.25, 0.3) is 0 Å². The third-order valence-corrected chi connectivity index (χ3v) is 3.41. The van der Waals surface area contributed by atoms with Gasteiger partial charge in [0.1, 0.15) is 0 Å². The van der Waals surface area contributed by atoms with E-state index in [1.54, 1.807) is 0 Å². The molecule has 4 heteroatoms. The average molecular weight is 227 g/mol. The second-order valence-electron chi connectivity index (χ2n) is 4.92. The Bertz CT molecular complexity index is 241. The first kappa shape index (κ1) is 13.0. The van der Waals surface area contributed by atoms with E-state index in [0.29, 0.717) is 5.92 Å². The summed E-state index contributed by atoms with van der Waals surface area (Å²) in [4.78, 5) is 21.8. The summed E-state index contributed by atoms with van der Waals surface area (Å²) in [5.74, 6) is 0.0949. The van der Waals surface area contributed by atoms with E-state index >= 15 is 0 Å². The van der Waals surface area contributed by atoms with E-state index in [-0.39, 0.29) is 18.4 Å². The summed E-state index contributed by atoms with van der Waals surface area (Å²) in [6.45, 7) is 3.67. The van der Waals surface area contributed by atoms with Gasteiger partial charge in [-0.25, -0.2) is 0 Å². The molecule has 1 aliphatic carbocycles. The first-order chi connectivity index (χ1) is 7.49. The Labute approximate surface area is 96.4 Å². The predicted octanol–water partition coefficient (Wildman–Crippen LogP) is 1.79. The van der Waals surface area contributed by atoms with Crippen molar-refractivity contribution in [2.75, 3.05) is 0 Å². The molecule has 4 nitrogen and oxygen atoms in total. The van der Waals surface area contributed by atoms with E-state index in [0.717, 1.165) is 31.6 Å². The van der Waals surface area contributed by atoms with Crippen molar-refractivity contribution >= 4 is 11.9 Å². The minimum Gasteiger partial charge on any atom is -0.481 e. The molecule has 1 saturated carbocycles. The Morgan fingerprint density at radius 2 is 1.88 bits per heavy atom. The summed E-state index contributed by atoms with van der Waals surface area (Å²) in [5.41, 5.74) is 0. The van der Waals surface area contributed by atoms with Crippen LogP contribution in [-0.2, 0) is 9.59 Å². The lowest BCUT2D eigenvalue weighted by molar-refractivity contribution is -0.138. The Morgan fingerprint density at radius 1 is 1.31 bits per heavy atom. The molecule has 1 aliphatic rings. The molecule has 0 unspecified atom stereocenters. The van der Waals surface area contributed by atoms with Gasteiger partial charge in [-0.2, -0.15) is 0 Å². The number of carboxylic acids is 1. The second-order valence-corrected chi connectivity index (χ2v) is 4.92. The van der Waals surface area contributed by atoms with Gasteiger partial charge in [0.25, 0.3) is 0 Å². The largest absolute Gasteiger partial charge is 0.481 e. The third-order valence-electron chi connectivity index (χ3n) is 3.41. The van der Waals surface area contributed by atoms with E-state index in [4.69, 9.17) is 5.11 Å². The Balaban J connectivity index is 2.53. The molecule has 16 heavy (non-hydrogen) atoms. The van der Waals surface area contributed by atoms with Gasteiger partial charge in [0.15, 0.2) is 0 Å². The Morgan fingerprint density at radius 3 is 2.31 bits per heavy atom. The summed E-state index contributed by atoms with van der Waals surface area (Å²) < 4.78 is 0. The van der Waals surface area contributed by atoms with E-state index < -0.39 is 5.97 Å². The number of amides is 1. The standard InChI is InChI=1S/C12H21NO3/c1-8-3-5-10(6-4-8)11(7-12(15)16)13-9(2)14/h8,10-11H,3-7H2,1-2H3,(H,13,14)(H,15,16)/t8?,10?,11-/m1/s1. The zero-order valence-electron chi connectivity index (χ0n) is 10.0. The molecule has 0 aromatic rings. The fourth-order valence-electron chi connectivity index (χ4n) is 2.47. The van der Waals surface area contributed by atoms with Gasteiger partial charge in [0.05, 0.1) is 6.42 Å². The minimum absolute atomic E-state index is 0.0403. The highest BCUT2D eigenvalue weighted by Gasteiger charge is 2.28. The lowest BCUT2D eigenvalue weighted by atomic mass is 9.78. The van der Waals surface area contributed by atoms with Crippen molar-refractivity contribution < 1.29 is 14.7 Å². The molecule has 0 bridgehead atoms. The Hall–Kier alpha value is -1.06. The molecular formula is C12H21NO3. The van der Waals surface area contributed by atoms with Crippen LogP contribution in [0.2, 0.25) is 0 Å². The lowest BCUT2D eigenvalue weighted by Gasteiger charge is -2.32. The maximum absolute atomic E-state index is 11.0. The van der Waals surface area contributed by atoms with Gasteiger partial charge in [-0.3, -0.25) is 9.59 Å². The maximum atomic E-state index is 11.0. The normalized spacial score (nSPS) is 27.1. The monoisotopic (exact) mass is 227 g/mol. The number of carboxylic acid groups (broad SMARTS) is 1. The number of nitrogens with one attached hydrogen (secondary N) is 1. The highest BCUT2D eigenvalue weighted by atomic mass is 16.4. The van der Waals surface area contributed by atoms with Crippen molar-refractivity contribution in [3.05, 3.63) is 0 Å². The molecule has 1 atom stereocenters. The SMILES string of the molecule is CC(=O)N[C@H](CC(=O)O)C1CCC(C)CC1. The van der Waals surface area contributed by atoms with Gasteiger partial charge in [0.2, 0.25) is 5.91 Å². The fourth-order valence-corrected chi connectivity index (χ4v) is 2.47. The zero-order chi connectivity index (χ0) is 12.1. The van der Waals surface area contributed by atoms with E-state index in [1.165, 1.54) is 6.92 Å². The number of aliphatic carboxylic acids is 1. The van der Waals surface area contributed by atoms with Gasteiger partial charge in [-0.1, -0.05) is 19.8 Å². The van der Waals surface area contributed by atoms with E-state index in [2.05, 4.69) is 12.2 Å². The summed E-state index contributed by atoms with van der Waals surface area (Å²) in [6, 6.07) is -0.192. The molecule has 0 radical (unpaired) electrons. The van der Waals surface area contributed by atoms with Crippen LogP contribution < -0.4 is 5.32 Å². The molecule has 92 valence electrons. The van der Waals surface area contributed by atoms with Crippen molar-refractivity contribution in [2.45, 2.75) is 52.0 Å². The van der Waals surface area contributed by atoms with Gasteiger partial charge in [-0.15, -0.1) is 0 Å². The van der Waals surface area contributed by atoms with E-state index in [9.17, 15) is 9.59 Å². The second kappa shape index (κ2) is 5.87. The minimum atomic E-state index is -0.836. The molecule has 0 spiro atoms. The van der Waals surface area contributed by atoms with Crippen LogP contribution >= 0.6 is 0 Å². The molecule has 2 N–H and O–H groups in total.